The van der Waals surface area contributed by atoms with Crippen LogP contribution in [-0.2, 0) is 37.9 Å². The van der Waals surface area contributed by atoms with Crippen molar-refractivity contribution < 1.29 is 32.6 Å². The number of imidazole rings is 1. The van der Waals surface area contributed by atoms with Crippen LogP contribution in [0.25, 0.3) is 0 Å². The molecule has 0 bridgehead atoms. The van der Waals surface area contributed by atoms with Gasteiger partial charge in [0.05, 0.1) is 43.3 Å². The van der Waals surface area contributed by atoms with E-state index in [-0.39, 0.29) is 61.2 Å². The van der Waals surface area contributed by atoms with Gasteiger partial charge in [-0.15, -0.1) is 0 Å². The molecule has 0 saturated heterocycles. The molecule has 0 radical (unpaired) electrons. The number of rotatable bonds is 14. The molecule has 3 atom stereocenters. The number of nitrogen functional groups attached to an aromatic ring is 1. The maximum atomic E-state index is 13.5. The Kier molecular flexibility index (Phi) is 12.8. The molecule has 0 fully saturated rings. The lowest BCUT2D eigenvalue weighted by Crippen LogP contribution is -2.48. The lowest BCUT2D eigenvalue weighted by Gasteiger charge is -2.33. The van der Waals surface area contributed by atoms with E-state index < -0.39 is 22.2 Å². The van der Waals surface area contributed by atoms with Gasteiger partial charge in [-0.1, -0.05) is 25.5 Å². The van der Waals surface area contributed by atoms with Gasteiger partial charge >= 0.3 is 0 Å². The fraction of sp³-hybridized carbons (Fsp3) is 0.471. The van der Waals surface area contributed by atoms with E-state index in [0.29, 0.717) is 54.1 Å². The number of hydrogen-bond acceptors (Lipinski definition) is 9. The number of nitrogens with one attached hydrogen (secondary N) is 2. The molecule has 1 aromatic heterocycles. The summed E-state index contributed by atoms with van der Waals surface area (Å²) in [5.74, 6) is -0.482. The van der Waals surface area contributed by atoms with Crippen molar-refractivity contribution in [1.82, 2.24) is 18.8 Å². The summed E-state index contributed by atoms with van der Waals surface area (Å²) in [5.41, 5.74) is 7.96. The second-order valence-electron chi connectivity index (χ2n) is 12.6. The van der Waals surface area contributed by atoms with E-state index in [0.717, 1.165) is 0 Å². The number of likely N-dealkylation sites (N-methyl/N-ethyl adjacent to an activating group) is 1. The largest absolute Gasteiger partial charge is 0.488 e. The molecule has 4 rings (SSSR count). The molecule has 0 spiro atoms. The fourth-order valence-corrected chi connectivity index (χ4v) is 6.70. The van der Waals surface area contributed by atoms with Crippen molar-refractivity contribution in [2.45, 2.75) is 69.5 Å². The highest BCUT2D eigenvalue weighted by Crippen LogP contribution is 2.30. The molecule has 1 aliphatic heterocycles. The summed E-state index contributed by atoms with van der Waals surface area (Å²) in [7, 11) is -0.771. The number of aryl methyl sites for hydroxylation is 1. The van der Waals surface area contributed by atoms with Crippen LogP contribution in [0.3, 0.4) is 0 Å². The summed E-state index contributed by atoms with van der Waals surface area (Å²) < 4.78 is 35.7. The van der Waals surface area contributed by atoms with Gasteiger partial charge in [-0.2, -0.15) is 4.31 Å². The average Bonchev–Trinajstić information content (AvgIpc) is 3.52. The minimum absolute atomic E-state index is 0.0183. The maximum Gasteiger partial charge on any atom is 0.261 e. The number of amides is 3. The van der Waals surface area contributed by atoms with Crippen molar-refractivity contribution in [3.05, 3.63) is 60.6 Å². The minimum Gasteiger partial charge on any atom is -0.488 e. The molecule has 15 heteroatoms. The minimum atomic E-state index is -3.92. The monoisotopic (exact) mass is 697 g/mol. The number of carbonyl (C=O) groups is 3. The van der Waals surface area contributed by atoms with E-state index in [1.165, 1.54) is 23.9 Å². The van der Waals surface area contributed by atoms with Gasteiger partial charge in [0.25, 0.3) is 10.0 Å². The van der Waals surface area contributed by atoms with Crippen LogP contribution in [0.2, 0.25) is 0 Å². The number of carbonyl (C=O) groups excluding carboxylic acids is 3. The van der Waals surface area contributed by atoms with Crippen molar-refractivity contribution in [2.24, 2.45) is 13.0 Å². The van der Waals surface area contributed by atoms with Crippen LogP contribution in [0, 0.1) is 5.92 Å². The summed E-state index contributed by atoms with van der Waals surface area (Å²) in [6.07, 6.45) is 4.58. The average molecular weight is 698 g/mol. The number of aliphatic hydroxyl groups excluding tert-OH is 1. The Balaban J connectivity index is 1.40. The summed E-state index contributed by atoms with van der Waals surface area (Å²) in [4.78, 5) is 44.2. The van der Waals surface area contributed by atoms with Crippen LogP contribution >= 0.6 is 0 Å². The molecule has 266 valence electrons. The number of unbranched alkanes of at least 4 members (excludes halogenated alkanes) is 2. The van der Waals surface area contributed by atoms with E-state index in [1.807, 2.05) is 6.92 Å². The number of sulfonamides is 1. The van der Waals surface area contributed by atoms with E-state index in [9.17, 15) is 27.9 Å². The number of para-hydroxylation sites is 2. The molecule has 1 aliphatic rings. The molecule has 0 aliphatic carbocycles. The highest BCUT2D eigenvalue weighted by Gasteiger charge is 2.34. The highest BCUT2D eigenvalue weighted by atomic mass is 32.2. The molecule has 2 aromatic carbocycles. The van der Waals surface area contributed by atoms with Crippen molar-refractivity contribution >= 4 is 44.8 Å². The van der Waals surface area contributed by atoms with E-state index >= 15 is 0 Å². The van der Waals surface area contributed by atoms with Crippen molar-refractivity contribution in [2.75, 3.05) is 43.1 Å². The Labute approximate surface area is 287 Å². The Hall–Kier alpha value is -4.47. The van der Waals surface area contributed by atoms with E-state index in [2.05, 4.69) is 15.6 Å². The Bertz CT molecular complexity index is 1730. The van der Waals surface area contributed by atoms with Crippen LogP contribution in [0.1, 0.15) is 51.5 Å². The summed E-state index contributed by atoms with van der Waals surface area (Å²) in [6, 6.07) is 11.6. The molecule has 14 nitrogen and oxygen atoms in total. The third kappa shape index (κ3) is 10.0. The van der Waals surface area contributed by atoms with Gasteiger partial charge in [0.1, 0.15) is 11.9 Å². The fourth-order valence-electron chi connectivity index (χ4n) is 5.55. The molecule has 0 saturated carbocycles. The summed E-state index contributed by atoms with van der Waals surface area (Å²) >= 11 is 0. The van der Waals surface area contributed by atoms with Gasteiger partial charge in [-0.25, -0.2) is 13.4 Å². The van der Waals surface area contributed by atoms with Crippen LogP contribution in [-0.4, -0.2) is 88.9 Å². The normalized spacial score (nSPS) is 17.3. The van der Waals surface area contributed by atoms with E-state index in [1.54, 1.807) is 65.9 Å². The molecular formula is C34H47N7O7S. The molecule has 2 heterocycles. The topological polar surface area (TPSA) is 189 Å². The first-order chi connectivity index (χ1) is 23.3. The van der Waals surface area contributed by atoms with Gasteiger partial charge in [0, 0.05) is 56.8 Å². The lowest BCUT2D eigenvalue weighted by atomic mass is 10.0. The predicted octanol–water partition coefficient (Wildman–Crippen LogP) is 3.00. The molecule has 5 N–H and O–H groups in total. The maximum absolute atomic E-state index is 13.5. The second-order valence-corrected chi connectivity index (χ2v) is 14.6. The number of nitrogens with zero attached hydrogens (tertiary/aromatic N) is 4. The van der Waals surface area contributed by atoms with Crippen LogP contribution < -0.4 is 21.1 Å². The molecule has 0 unspecified atom stereocenters. The molecule has 49 heavy (non-hydrogen) atoms. The van der Waals surface area contributed by atoms with Gasteiger partial charge in [-0.05, 0) is 50.1 Å². The number of nitrogens with two attached hydrogens (primary N) is 1. The standard InChI is InChI=1S/C34H47N7O7S/c1-23-18-41(24(2)21-42)34(45)17-25-16-26(37-31(43)12-6-5-7-13-32(44)38-28-11-9-8-10-27(28)35)14-15-29(25)48-30(23)19-40(4)49(46,47)33-20-39(3)22-36-33/h8-11,14-16,20,22-24,30,42H,5-7,12-13,17-19,21,35H2,1-4H3,(H,37,43)(H,38,44)/t23-,24+,30-/m1/s1. The SMILES string of the molecule is C[C@@H]1CN([C@@H](C)CO)C(=O)Cc2cc(NC(=O)CCCCCC(=O)Nc3ccccc3N)ccc2O[C@@H]1CN(C)S(=O)(=O)c1cn(C)cn1. The number of hydrogen-bond donors (Lipinski definition) is 4. The predicted molar refractivity (Wildman–Crippen MR) is 186 cm³/mol. The smallest absolute Gasteiger partial charge is 0.261 e. The van der Waals surface area contributed by atoms with E-state index in [4.69, 9.17) is 10.5 Å². The Morgan fingerprint density at radius 3 is 2.47 bits per heavy atom. The third-order valence-electron chi connectivity index (χ3n) is 8.54. The molecular weight excluding hydrogens is 650 g/mol. The van der Waals surface area contributed by atoms with Crippen molar-refractivity contribution in [3.8, 4) is 5.75 Å². The first kappa shape index (κ1) is 37.4. The summed E-state index contributed by atoms with van der Waals surface area (Å²) in [5, 5.41) is 15.5. The van der Waals surface area contributed by atoms with Crippen molar-refractivity contribution in [1.29, 1.82) is 0 Å². The zero-order valence-electron chi connectivity index (χ0n) is 28.5. The van der Waals surface area contributed by atoms with Crippen molar-refractivity contribution in [3.63, 3.8) is 0 Å². The zero-order chi connectivity index (χ0) is 35.7. The quantitative estimate of drug-likeness (QED) is 0.145. The van der Waals surface area contributed by atoms with Gasteiger partial charge < -0.3 is 35.7 Å². The zero-order valence-corrected chi connectivity index (χ0v) is 29.3. The lowest BCUT2D eigenvalue weighted by molar-refractivity contribution is -0.134. The van der Waals surface area contributed by atoms with Gasteiger partial charge in [-0.3, -0.25) is 14.4 Å². The first-order valence-electron chi connectivity index (χ1n) is 16.4. The van der Waals surface area contributed by atoms with Gasteiger partial charge in [0.2, 0.25) is 17.7 Å². The number of aromatic nitrogens is 2. The number of anilines is 3. The number of ether oxygens (including phenoxy) is 1. The number of fused-ring (bicyclic) bond motifs is 1. The molecule has 3 amide bonds. The van der Waals surface area contributed by atoms with Crippen LogP contribution in [0.5, 0.6) is 5.75 Å². The number of aliphatic hydroxyl groups is 1. The number of benzene rings is 2. The molecule has 3 aromatic rings. The van der Waals surface area contributed by atoms with Gasteiger partial charge in [0.15, 0.2) is 5.03 Å². The Morgan fingerprint density at radius 1 is 1.12 bits per heavy atom. The highest BCUT2D eigenvalue weighted by molar-refractivity contribution is 7.89. The third-order valence-corrected chi connectivity index (χ3v) is 10.2. The Morgan fingerprint density at radius 2 is 1.82 bits per heavy atom. The van der Waals surface area contributed by atoms with Crippen LogP contribution in [0.4, 0.5) is 17.1 Å². The first-order valence-corrected chi connectivity index (χ1v) is 17.8. The second kappa shape index (κ2) is 16.8. The summed E-state index contributed by atoms with van der Waals surface area (Å²) in [6.45, 7) is 3.60. The van der Waals surface area contributed by atoms with Crippen LogP contribution in [0.15, 0.2) is 60.0 Å².